The second kappa shape index (κ2) is 9.71. The van der Waals surface area contributed by atoms with E-state index in [2.05, 4.69) is 5.32 Å². The van der Waals surface area contributed by atoms with E-state index in [1.807, 2.05) is 20.8 Å². The highest BCUT2D eigenvalue weighted by molar-refractivity contribution is 5.97. The van der Waals surface area contributed by atoms with Crippen LogP contribution in [-0.4, -0.2) is 31.8 Å². The van der Waals surface area contributed by atoms with Gasteiger partial charge in [0.1, 0.15) is 12.4 Å². The van der Waals surface area contributed by atoms with Gasteiger partial charge in [0.25, 0.3) is 0 Å². The van der Waals surface area contributed by atoms with Crippen LogP contribution in [0.3, 0.4) is 0 Å². The van der Waals surface area contributed by atoms with Crippen molar-refractivity contribution in [2.75, 3.05) is 25.1 Å². The first-order valence-electron chi connectivity index (χ1n) is 9.24. The van der Waals surface area contributed by atoms with E-state index >= 15 is 0 Å². The highest BCUT2D eigenvalue weighted by Crippen LogP contribution is 2.23. The standard InChI is InChI=1S/C20H30FN3O3/c1-20(2,3)17(22)13-18(23)24-14-7-8-15(21)16(12-14)25-10-11-27-19-6-4-5-9-26-19/h7-8,12-13,19,22,24H,4-6,9-11,23H2,1-3H3/b18-13-,22-17?. The van der Waals surface area contributed by atoms with E-state index in [9.17, 15) is 4.39 Å². The summed E-state index contributed by atoms with van der Waals surface area (Å²) in [5.41, 5.74) is 6.61. The molecule has 7 heteroatoms. The lowest BCUT2D eigenvalue weighted by molar-refractivity contribution is -0.165. The van der Waals surface area contributed by atoms with Crippen LogP contribution in [0.2, 0.25) is 0 Å². The van der Waals surface area contributed by atoms with Gasteiger partial charge in [-0.05, 0) is 37.5 Å². The molecule has 0 amide bonds. The van der Waals surface area contributed by atoms with E-state index < -0.39 is 5.82 Å². The Morgan fingerprint density at radius 3 is 2.81 bits per heavy atom. The van der Waals surface area contributed by atoms with Crippen molar-refractivity contribution >= 4 is 11.4 Å². The summed E-state index contributed by atoms with van der Waals surface area (Å²) in [5.74, 6) is -0.0309. The molecule has 1 saturated heterocycles. The van der Waals surface area contributed by atoms with Crippen LogP contribution in [0.1, 0.15) is 40.0 Å². The van der Waals surface area contributed by atoms with E-state index in [0.717, 1.165) is 25.9 Å². The summed E-state index contributed by atoms with van der Waals surface area (Å²) in [6.45, 7) is 7.07. The number of hydrogen-bond acceptors (Lipinski definition) is 6. The zero-order chi connectivity index (χ0) is 19.9. The summed E-state index contributed by atoms with van der Waals surface area (Å²) >= 11 is 0. The Labute approximate surface area is 160 Å². The molecule has 0 spiro atoms. The predicted octanol–water partition coefficient (Wildman–Crippen LogP) is 4.03. The topological polar surface area (TPSA) is 89.6 Å². The van der Waals surface area contributed by atoms with Crippen molar-refractivity contribution in [3.8, 4) is 5.75 Å². The molecule has 0 aliphatic carbocycles. The molecule has 0 aromatic heterocycles. The van der Waals surface area contributed by atoms with Gasteiger partial charge in [0.15, 0.2) is 17.9 Å². The van der Waals surface area contributed by atoms with Crippen LogP contribution in [-0.2, 0) is 9.47 Å². The molecule has 1 aliphatic rings. The summed E-state index contributed by atoms with van der Waals surface area (Å²) < 4.78 is 30.5. The molecule has 1 fully saturated rings. The number of anilines is 1. The molecule has 2 rings (SSSR count). The van der Waals surface area contributed by atoms with E-state index in [-0.39, 0.29) is 24.1 Å². The Kier molecular flexibility index (Phi) is 7.62. The summed E-state index contributed by atoms with van der Waals surface area (Å²) in [4.78, 5) is 0. The minimum atomic E-state index is -0.459. The van der Waals surface area contributed by atoms with Crippen molar-refractivity contribution in [3.05, 3.63) is 35.9 Å². The third-order valence-electron chi connectivity index (χ3n) is 4.11. The molecule has 6 nitrogen and oxygen atoms in total. The molecule has 150 valence electrons. The first-order valence-corrected chi connectivity index (χ1v) is 9.24. The maximum Gasteiger partial charge on any atom is 0.165 e. The molecular weight excluding hydrogens is 349 g/mol. The van der Waals surface area contributed by atoms with E-state index in [1.54, 1.807) is 12.1 Å². The van der Waals surface area contributed by atoms with Crippen molar-refractivity contribution in [1.29, 1.82) is 5.41 Å². The van der Waals surface area contributed by atoms with Gasteiger partial charge in [-0.15, -0.1) is 0 Å². The quantitative estimate of drug-likeness (QED) is 0.469. The Morgan fingerprint density at radius 2 is 2.15 bits per heavy atom. The molecule has 1 aromatic rings. The molecule has 1 atom stereocenters. The fourth-order valence-electron chi connectivity index (χ4n) is 2.44. The van der Waals surface area contributed by atoms with E-state index in [4.69, 9.17) is 25.4 Å². The van der Waals surface area contributed by atoms with Crippen LogP contribution in [0, 0.1) is 16.6 Å². The van der Waals surface area contributed by atoms with Gasteiger partial charge < -0.3 is 30.7 Å². The molecule has 0 radical (unpaired) electrons. The van der Waals surface area contributed by atoms with Crippen LogP contribution in [0.25, 0.3) is 0 Å². The molecule has 1 heterocycles. The Bertz CT molecular complexity index is 665. The highest BCUT2D eigenvalue weighted by atomic mass is 19.1. The molecule has 1 aliphatic heterocycles. The second-order valence-corrected chi connectivity index (χ2v) is 7.55. The number of ether oxygens (including phenoxy) is 3. The van der Waals surface area contributed by atoms with Gasteiger partial charge in [-0.25, -0.2) is 4.39 Å². The number of rotatable bonds is 8. The van der Waals surface area contributed by atoms with Crippen LogP contribution in [0.15, 0.2) is 30.1 Å². The SMILES string of the molecule is CC(C)(C)C(=N)/C=C(/N)Nc1ccc(F)c(OCCOC2CCCCO2)c1. The average Bonchev–Trinajstić information content (AvgIpc) is 2.61. The summed E-state index contributed by atoms with van der Waals surface area (Å²) in [7, 11) is 0. The zero-order valence-corrected chi connectivity index (χ0v) is 16.3. The lowest BCUT2D eigenvalue weighted by Crippen LogP contribution is -2.24. The largest absolute Gasteiger partial charge is 0.488 e. The summed E-state index contributed by atoms with van der Waals surface area (Å²) in [6, 6.07) is 4.41. The van der Waals surface area contributed by atoms with Crippen molar-refractivity contribution in [1.82, 2.24) is 0 Å². The molecular formula is C20H30FN3O3. The zero-order valence-electron chi connectivity index (χ0n) is 16.3. The Morgan fingerprint density at radius 1 is 1.37 bits per heavy atom. The van der Waals surface area contributed by atoms with Gasteiger partial charge in [-0.2, -0.15) is 0 Å². The smallest absolute Gasteiger partial charge is 0.165 e. The maximum atomic E-state index is 14.0. The summed E-state index contributed by atoms with van der Waals surface area (Å²) in [5, 5.41) is 11.0. The monoisotopic (exact) mass is 379 g/mol. The molecule has 0 bridgehead atoms. The van der Waals surface area contributed by atoms with Crippen LogP contribution < -0.4 is 15.8 Å². The average molecular weight is 379 g/mol. The van der Waals surface area contributed by atoms with Gasteiger partial charge >= 0.3 is 0 Å². The number of hydrogen-bond donors (Lipinski definition) is 3. The van der Waals surface area contributed by atoms with Crippen molar-refractivity contribution in [2.24, 2.45) is 11.1 Å². The fraction of sp³-hybridized carbons (Fsp3) is 0.550. The Hall–Kier alpha value is -2.12. The number of nitrogens with one attached hydrogen (secondary N) is 2. The third-order valence-corrected chi connectivity index (χ3v) is 4.11. The minimum absolute atomic E-state index is 0.117. The fourth-order valence-corrected chi connectivity index (χ4v) is 2.44. The predicted molar refractivity (Wildman–Crippen MR) is 105 cm³/mol. The second-order valence-electron chi connectivity index (χ2n) is 7.55. The van der Waals surface area contributed by atoms with Crippen molar-refractivity contribution in [2.45, 2.75) is 46.3 Å². The number of halogens is 1. The highest BCUT2D eigenvalue weighted by Gasteiger charge is 2.16. The van der Waals surface area contributed by atoms with Gasteiger partial charge in [-0.1, -0.05) is 20.8 Å². The lowest BCUT2D eigenvalue weighted by atomic mass is 9.90. The van der Waals surface area contributed by atoms with Gasteiger partial charge in [0.05, 0.1) is 6.61 Å². The third kappa shape index (κ3) is 7.19. The molecule has 1 aromatic carbocycles. The van der Waals surface area contributed by atoms with Crippen LogP contribution >= 0.6 is 0 Å². The van der Waals surface area contributed by atoms with Gasteiger partial charge in [-0.3, -0.25) is 0 Å². The number of allylic oxidation sites excluding steroid dienone is 1. The number of nitrogens with two attached hydrogens (primary N) is 1. The minimum Gasteiger partial charge on any atom is -0.488 e. The summed E-state index contributed by atoms with van der Waals surface area (Å²) in [6.07, 6.45) is 4.40. The number of benzene rings is 1. The van der Waals surface area contributed by atoms with Crippen LogP contribution in [0.4, 0.5) is 10.1 Å². The van der Waals surface area contributed by atoms with Gasteiger partial charge in [0.2, 0.25) is 0 Å². The van der Waals surface area contributed by atoms with E-state index in [0.29, 0.717) is 23.8 Å². The van der Waals surface area contributed by atoms with Gasteiger partial charge in [0, 0.05) is 29.5 Å². The molecule has 0 saturated carbocycles. The maximum absolute atomic E-state index is 14.0. The van der Waals surface area contributed by atoms with Crippen molar-refractivity contribution in [3.63, 3.8) is 0 Å². The molecule has 4 N–H and O–H groups in total. The van der Waals surface area contributed by atoms with E-state index in [1.165, 1.54) is 12.1 Å². The lowest BCUT2D eigenvalue weighted by Gasteiger charge is -2.22. The van der Waals surface area contributed by atoms with Crippen LogP contribution in [0.5, 0.6) is 5.75 Å². The Balaban J connectivity index is 1.87. The normalized spacial score (nSPS) is 18.2. The molecule has 27 heavy (non-hydrogen) atoms. The molecule has 1 unspecified atom stereocenters. The van der Waals surface area contributed by atoms with Crippen molar-refractivity contribution < 1.29 is 18.6 Å². The first kappa shape index (κ1) is 21.2. The first-order chi connectivity index (χ1) is 12.8.